The fourth-order valence-corrected chi connectivity index (χ4v) is 1.43. The van der Waals surface area contributed by atoms with Crippen LogP contribution in [0.3, 0.4) is 0 Å². The van der Waals surface area contributed by atoms with Crippen molar-refractivity contribution in [1.82, 2.24) is 0 Å². The molecule has 0 bridgehead atoms. The average Bonchev–Trinajstić information content (AvgIpc) is 2.11. The molecule has 76 valence electrons. The van der Waals surface area contributed by atoms with E-state index in [9.17, 15) is 5.11 Å². The van der Waals surface area contributed by atoms with Gasteiger partial charge in [-0.15, -0.1) is 12.3 Å². The number of rotatable bonds is 6. The van der Waals surface area contributed by atoms with E-state index in [0.29, 0.717) is 0 Å². The third-order valence-corrected chi connectivity index (χ3v) is 2.43. The highest BCUT2D eigenvalue weighted by Crippen LogP contribution is 2.18. The van der Waals surface area contributed by atoms with Crippen LogP contribution in [-0.2, 0) is 0 Å². The SMILES string of the molecule is C#C[C@H](CCCCC)[C@H](O)C(C)C. The summed E-state index contributed by atoms with van der Waals surface area (Å²) in [5.41, 5.74) is 0. The lowest BCUT2D eigenvalue weighted by Gasteiger charge is -2.21. The fraction of sp³-hybridized carbons (Fsp3) is 0.833. The van der Waals surface area contributed by atoms with Gasteiger partial charge in [0.2, 0.25) is 0 Å². The first-order valence-electron chi connectivity index (χ1n) is 5.27. The van der Waals surface area contributed by atoms with E-state index >= 15 is 0 Å². The quantitative estimate of drug-likeness (QED) is 0.494. The van der Waals surface area contributed by atoms with E-state index in [2.05, 4.69) is 12.8 Å². The van der Waals surface area contributed by atoms with Crippen LogP contribution >= 0.6 is 0 Å². The van der Waals surface area contributed by atoms with Gasteiger partial charge < -0.3 is 5.11 Å². The number of aliphatic hydroxyl groups is 1. The van der Waals surface area contributed by atoms with Gasteiger partial charge in [0, 0.05) is 5.92 Å². The molecule has 0 aromatic heterocycles. The molecule has 1 heteroatoms. The van der Waals surface area contributed by atoms with Gasteiger partial charge >= 0.3 is 0 Å². The average molecular weight is 182 g/mol. The Morgan fingerprint density at radius 3 is 2.31 bits per heavy atom. The van der Waals surface area contributed by atoms with Crippen LogP contribution in [0.15, 0.2) is 0 Å². The van der Waals surface area contributed by atoms with E-state index in [1.165, 1.54) is 12.8 Å². The molecule has 0 fully saturated rings. The van der Waals surface area contributed by atoms with Crippen molar-refractivity contribution in [2.75, 3.05) is 0 Å². The highest BCUT2D eigenvalue weighted by molar-refractivity contribution is 4.97. The molecule has 13 heavy (non-hydrogen) atoms. The van der Waals surface area contributed by atoms with Gasteiger partial charge in [-0.05, 0) is 12.3 Å². The predicted molar refractivity (Wildman–Crippen MR) is 57.3 cm³/mol. The zero-order valence-corrected chi connectivity index (χ0v) is 9.09. The number of terminal acetylenes is 1. The highest BCUT2D eigenvalue weighted by atomic mass is 16.3. The Morgan fingerprint density at radius 1 is 1.31 bits per heavy atom. The van der Waals surface area contributed by atoms with E-state index in [1.807, 2.05) is 13.8 Å². The Bertz CT molecular complexity index is 155. The van der Waals surface area contributed by atoms with Crippen LogP contribution in [0.1, 0.15) is 46.5 Å². The molecule has 0 radical (unpaired) electrons. The summed E-state index contributed by atoms with van der Waals surface area (Å²) in [6, 6.07) is 0. The Kier molecular flexibility index (Phi) is 6.72. The fourth-order valence-electron chi connectivity index (χ4n) is 1.43. The minimum Gasteiger partial charge on any atom is -0.392 e. The van der Waals surface area contributed by atoms with E-state index in [1.54, 1.807) is 0 Å². The molecule has 0 saturated carbocycles. The summed E-state index contributed by atoms with van der Waals surface area (Å²) in [4.78, 5) is 0. The standard InChI is InChI=1S/C12H22O/c1-5-7-8-9-11(6-2)12(13)10(3)4/h2,10-13H,5,7-9H2,1,3-4H3/t11-,12-/m1/s1. The summed E-state index contributed by atoms with van der Waals surface area (Å²) in [7, 11) is 0. The molecule has 0 aliphatic carbocycles. The van der Waals surface area contributed by atoms with Crippen molar-refractivity contribution in [2.24, 2.45) is 11.8 Å². The van der Waals surface area contributed by atoms with Crippen LogP contribution in [-0.4, -0.2) is 11.2 Å². The summed E-state index contributed by atoms with van der Waals surface area (Å²) in [6.07, 6.45) is 9.56. The highest BCUT2D eigenvalue weighted by Gasteiger charge is 2.19. The van der Waals surface area contributed by atoms with Crippen LogP contribution in [0.25, 0.3) is 0 Å². The minimum absolute atomic E-state index is 0.0477. The molecule has 0 saturated heterocycles. The lowest BCUT2D eigenvalue weighted by molar-refractivity contribution is 0.0833. The first-order valence-corrected chi connectivity index (χ1v) is 5.27. The molecule has 0 aliphatic rings. The second kappa shape index (κ2) is 6.97. The van der Waals surface area contributed by atoms with Crippen molar-refractivity contribution in [1.29, 1.82) is 0 Å². The molecule has 1 N–H and O–H groups in total. The molecule has 0 aliphatic heterocycles. The second-order valence-corrected chi connectivity index (χ2v) is 4.00. The minimum atomic E-state index is -0.332. The van der Waals surface area contributed by atoms with Crippen molar-refractivity contribution in [3.8, 4) is 12.3 Å². The maximum absolute atomic E-state index is 9.74. The summed E-state index contributed by atoms with van der Waals surface area (Å²) < 4.78 is 0. The molecule has 0 spiro atoms. The first-order chi connectivity index (χ1) is 6.13. The molecule has 0 amide bonds. The summed E-state index contributed by atoms with van der Waals surface area (Å²) in [6.45, 7) is 6.19. The zero-order chi connectivity index (χ0) is 10.3. The topological polar surface area (TPSA) is 20.2 Å². The number of unbranched alkanes of at least 4 members (excludes halogenated alkanes) is 2. The maximum atomic E-state index is 9.74. The summed E-state index contributed by atoms with van der Waals surface area (Å²) in [5.74, 6) is 3.01. The van der Waals surface area contributed by atoms with E-state index in [4.69, 9.17) is 6.42 Å². The second-order valence-electron chi connectivity index (χ2n) is 4.00. The van der Waals surface area contributed by atoms with Crippen molar-refractivity contribution < 1.29 is 5.11 Å². The molecule has 0 aromatic rings. The Morgan fingerprint density at radius 2 is 1.92 bits per heavy atom. The van der Waals surface area contributed by atoms with Gasteiger partial charge in [-0.25, -0.2) is 0 Å². The van der Waals surface area contributed by atoms with Crippen LogP contribution in [0.5, 0.6) is 0 Å². The lowest BCUT2D eigenvalue weighted by Crippen LogP contribution is -2.24. The molecule has 1 nitrogen and oxygen atoms in total. The number of aliphatic hydroxyl groups excluding tert-OH is 1. The molecular weight excluding hydrogens is 160 g/mol. The first kappa shape index (κ1) is 12.5. The molecule has 0 aromatic carbocycles. The van der Waals surface area contributed by atoms with Gasteiger partial charge in [-0.2, -0.15) is 0 Å². The molecule has 2 atom stereocenters. The molecule has 0 unspecified atom stereocenters. The molecule has 0 heterocycles. The Labute approximate surface area is 82.5 Å². The maximum Gasteiger partial charge on any atom is 0.0700 e. The van der Waals surface area contributed by atoms with Gasteiger partial charge in [-0.1, -0.05) is 40.0 Å². The number of hydrogen-bond donors (Lipinski definition) is 1. The van der Waals surface area contributed by atoms with Crippen molar-refractivity contribution in [3.63, 3.8) is 0 Å². The summed E-state index contributed by atoms with van der Waals surface area (Å²) in [5, 5.41) is 9.74. The predicted octanol–water partition coefficient (Wildman–Crippen LogP) is 2.83. The van der Waals surface area contributed by atoms with Crippen LogP contribution in [0, 0.1) is 24.2 Å². The zero-order valence-electron chi connectivity index (χ0n) is 9.09. The molecular formula is C12H22O. The van der Waals surface area contributed by atoms with Crippen LogP contribution < -0.4 is 0 Å². The normalized spacial score (nSPS) is 15.4. The lowest BCUT2D eigenvalue weighted by atomic mass is 9.89. The van der Waals surface area contributed by atoms with Crippen LogP contribution in [0.4, 0.5) is 0 Å². The summed E-state index contributed by atoms with van der Waals surface area (Å²) >= 11 is 0. The third kappa shape index (κ3) is 4.95. The third-order valence-electron chi connectivity index (χ3n) is 2.43. The smallest absolute Gasteiger partial charge is 0.0700 e. The Hall–Kier alpha value is -0.480. The number of hydrogen-bond acceptors (Lipinski definition) is 1. The van der Waals surface area contributed by atoms with Gasteiger partial charge in [0.15, 0.2) is 0 Å². The van der Waals surface area contributed by atoms with E-state index in [-0.39, 0.29) is 17.9 Å². The van der Waals surface area contributed by atoms with E-state index < -0.39 is 0 Å². The Balaban J connectivity index is 3.83. The largest absolute Gasteiger partial charge is 0.392 e. The van der Waals surface area contributed by atoms with Crippen LogP contribution in [0.2, 0.25) is 0 Å². The monoisotopic (exact) mass is 182 g/mol. The van der Waals surface area contributed by atoms with Gasteiger partial charge in [-0.3, -0.25) is 0 Å². The van der Waals surface area contributed by atoms with Gasteiger partial charge in [0.05, 0.1) is 6.10 Å². The van der Waals surface area contributed by atoms with E-state index in [0.717, 1.165) is 12.8 Å². The van der Waals surface area contributed by atoms with Crippen molar-refractivity contribution in [3.05, 3.63) is 0 Å². The van der Waals surface area contributed by atoms with Gasteiger partial charge in [0.25, 0.3) is 0 Å². The molecule has 0 rings (SSSR count). The van der Waals surface area contributed by atoms with Gasteiger partial charge in [0.1, 0.15) is 0 Å². The van der Waals surface area contributed by atoms with Crippen molar-refractivity contribution >= 4 is 0 Å². The van der Waals surface area contributed by atoms with Crippen molar-refractivity contribution in [2.45, 2.75) is 52.6 Å².